The third kappa shape index (κ3) is 5.54. The fourth-order valence-electron chi connectivity index (χ4n) is 1.49. The van der Waals surface area contributed by atoms with Crippen LogP contribution < -0.4 is 0 Å². The molecule has 0 aromatic heterocycles. The van der Waals surface area contributed by atoms with E-state index >= 15 is 0 Å². The van der Waals surface area contributed by atoms with Gasteiger partial charge < -0.3 is 0 Å². The molecule has 0 saturated heterocycles. The number of halogens is 6. The van der Waals surface area contributed by atoms with Crippen LogP contribution >= 0.6 is 27.5 Å². The average Bonchev–Trinajstić information content (AvgIpc) is 2.21. The van der Waals surface area contributed by atoms with Crippen LogP contribution in [0.3, 0.4) is 0 Å². The lowest BCUT2D eigenvalue weighted by molar-refractivity contribution is -0.146. The Morgan fingerprint density at radius 2 is 1.94 bits per heavy atom. The van der Waals surface area contributed by atoms with Gasteiger partial charge in [0.05, 0.1) is 6.54 Å². The highest BCUT2D eigenvalue weighted by atomic mass is 79.9. The summed E-state index contributed by atoms with van der Waals surface area (Å²) in [6, 6.07) is 4.17. The van der Waals surface area contributed by atoms with Gasteiger partial charge in [0.2, 0.25) is 0 Å². The highest BCUT2D eigenvalue weighted by molar-refractivity contribution is 9.10. The first-order valence-electron chi connectivity index (χ1n) is 5.11. The molecule has 0 fully saturated rings. The normalized spacial score (nSPS) is 12.2. The number of benzene rings is 1. The van der Waals surface area contributed by atoms with E-state index in [9.17, 15) is 17.6 Å². The van der Waals surface area contributed by atoms with Gasteiger partial charge in [-0.1, -0.05) is 15.9 Å². The van der Waals surface area contributed by atoms with Crippen LogP contribution in [0.15, 0.2) is 22.7 Å². The van der Waals surface area contributed by atoms with Gasteiger partial charge in [-0.2, -0.15) is 13.2 Å². The first-order valence-corrected chi connectivity index (χ1v) is 6.43. The topological polar surface area (TPSA) is 3.24 Å². The Kier molecular flexibility index (Phi) is 5.88. The van der Waals surface area contributed by atoms with Crippen molar-refractivity contribution in [2.45, 2.75) is 12.7 Å². The first kappa shape index (κ1) is 15.7. The van der Waals surface area contributed by atoms with E-state index in [1.54, 1.807) is 0 Å². The predicted molar refractivity (Wildman–Crippen MR) is 66.2 cm³/mol. The van der Waals surface area contributed by atoms with Crippen LogP contribution in [0, 0.1) is 5.82 Å². The molecule has 0 atom stereocenters. The van der Waals surface area contributed by atoms with Crippen molar-refractivity contribution in [2.24, 2.45) is 0 Å². The second-order valence-electron chi connectivity index (χ2n) is 3.75. The zero-order valence-electron chi connectivity index (χ0n) is 9.28. The molecule has 0 spiro atoms. The maximum Gasteiger partial charge on any atom is 0.401 e. The van der Waals surface area contributed by atoms with Gasteiger partial charge in [0.15, 0.2) is 0 Å². The van der Waals surface area contributed by atoms with E-state index in [4.69, 9.17) is 11.6 Å². The Morgan fingerprint density at radius 1 is 1.28 bits per heavy atom. The van der Waals surface area contributed by atoms with Gasteiger partial charge >= 0.3 is 6.18 Å². The maximum absolute atomic E-state index is 13.4. The Morgan fingerprint density at radius 3 is 2.50 bits per heavy atom. The maximum atomic E-state index is 13.4. The lowest BCUT2D eigenvalue weighted by atomic mass is 10.2. The van der Waals surface area contributed by atoms with Crippen molar-refractivity contribution in [3.63, 3.8) is 0 Å². The smallest absolute Gasteiger partial charge is 0.289 e. The van der Waals surface area contributed by atoms with Crippen molar-refractivity contribution in [1.29, 1.82) is 0 Å². The molecule has 102 valence electrons. The molecule has 1 aromatic carbocycles. The zero-order chi connectivity index (χ0) is 13.8. The van der Waals surface area contributed by atoms with Crippen LogP contribution in [0.5, 0.6) is 0 Å². The molecule has 1 nitrogen and oxygen atoms in total. The molecule has 0 amide bonds. The molecule has 0 aliphatic rings. The largest absolute Gasteiger partial charge is 0.401 e. The van der Waals surface area contributed by atoms with Crippen LogP contribution in [0.1, 0.15) is 5.56 Å². The Balaban J connectivity index is 2.79. The van der Waals surface area contributed by atoms with Crippen LogP contribution in [0.25, 0.3) is 0 Å². The van der Waals surface area contributed by atoms with Gasteiger partial charge in [0.1, 0.15) is 5.82 Å². The molecule has 0 saturated carbocycles. The highest BCUT2D eigenvalue weighted by Crippen LogP contribution is 2.21. The van der Waals surface area contributed by atoms with Gasteiger partial charge in [-0.15, -0.1) is 11.6 Å². The second kappa shape index (κ2) is 6.73. The summed E-state index contributed by atoms with van der Waals surface area (Å²) in [7, 11) is 0. The fourth-order valence-corrected chi connectivity index (χ4v) is 2.14. The molecular formula is C11H11BrClF4N. The molecule has 7 heteroatoms. The monoisotopic (exact) mass is 347 g/mol. The SMILES string of the molecule is Fc1ccc(Br)cc1CN(CCCl)CC(F)(F)F. The van der Waals surface area contributed by atoms with Crippen LogP contribution in [0.2, 0.25) is 0 Å². The van der Waals surface area contributed by atoms with Crippen molar-refractivity contribution in [2.75, 3.05) is 19.0 Å². The third-order valence-electron chi connectivity index (χ3n) is 2.21. The Labute approximate surface area is 116 Å². The van der Waals surface area contributed by atoms with Crippen molar-refractivity contribution >= 4 is 27.5 Å². The summed E-state index contributed by atoms with van der Waals surface area (Å²) in [5, 5.41) is 0. The van der Waals surface area contributed by atoms with E-state index in [1.165, 1.54) is 18.2 Å². The standard InChI is InChI=1S/C11H11BrClF4N/c12-9-1-2-10(14)8(5-9)6-18(4-3-13)7-11(15,16)17/h1-2,5H,3-4,6-7H2. The van der Waals surface area contributed by atoms with Gasteiger partial charge in [-0.25, -0.2) is 4.39 Å². The number of alkyl halides is 4. The number of rotatable bonds is 5. The van der Waals surface area contributed by atoms with E-state index in [0.717, 1.165) is 4.90 Å². The van der Waals surface area contributed by atoms with Gasteiger partial charge in [-0.3, -0.25) is 4.90 Å². The second-order valence-corrected chi connectivity index (χ2v) is 5.04. The minimum atomic E-state index is -4.32. The van der Waals surface area contributed by atoms with Crippen molar-refractivity contribution in [3.8, 4) is 0 Å². The number of hydrogen-bond acceptors (Lipinski definition) is 1. The third-order valence-corrected chi connectivity index (χ3v) is 2.87. The van der Waals surface area contributed by atoms with Crippen LogP contribution in [-0.2, 0) is 6.54 Å². The minimum Gasteiger partial charge on any atom is -0.289 e. The molecule has 0 heterocycles. The molecular weight excluding hydrogens is 337 g/mol. The zero-order valence-corrected chi connectivity index (χ0v) is 11.6. The summed E-state index contributed by atoms with van der Waals surface area (Å²) in [4.78, 5) is 1.07. The quantitative estimate of drug-likeness (QED) is 0.570. The van der Waals surface area contributed by atoms with E-state index in [1.807, 2.05) is 0 Å². The predicted octanol–water partition coefficient (Wildman–Crippen LogP) is 4.19. The number of hydrogen-bond donors (Lipinski definition) is 0. The van der Waals surface area contributed by atoms with Crippen LogP contribution in [0.4, 0.5) is 17.6 Å². The van der Waals surface area contributed by atoms with E-state index in [2.05, 4.69) is 15.9 Å². The van der Waals surface area contributed by atoms with E-state index in [-0.39, 0.29) is 24.5 Å². The van der Waals surface area contributed by atoms with Gasteiger partial charge in [-0.05, 0) is 18.2 Å². The Hall–Kier alpha value is -0.330. The molecule has 0 unspecified atom stereocenters. The first-order chi connectivity index (χ1) is 8.31. The molecule has 0 radical (unpaired) electrons. The van der Waals surface area contributed by atoms with Crippen LogP contribution in [-0.4, -0.2) is 30.0 Å². The van der Waals surface area contributed by atoms with Gasteiger partial charge in [0, 0.05) is 29.0 Å². The molecule has 1 rings (SSSR count). The fraction of sp³-hybridized carbons (Fsp3) is 0.455. The van der Waals surface area contributed by atoms with Crippen molar-refractivity contribution in [1.82, 2.24) is 4.90 Å². The van der Waals surface area contributed by atoms with Crippen molar-refractivity contribution in [3.05, 3.63) is 34.1 Å². The van der Waals surface area contributed by atoms with Crippen molar-refractivity contribution < 1.29 is 17.6 Å². The highest BCUT2D eigenvalue weighted by Gasteiger charge is 2.30. The summed E-state index contributed by atoms with van der Waals surface area (Å²) in [6.07, 6.45) is -4.32. The summed E-state index contributed by atoms with van der Waals surface area (Å²) >= 11 is 8.60. The molecule has 1 aromatic rings. The van der Waals surface area contributed by atoms with Gasteiger partial charge in [0.25, 0.3) is 0 Å². The lowest BCUT2D eigenvalue weighted by Gasteiger charge is -2.23. The summed E-state index contributed by atoms with van der Waals surface area (Å²) in [5.41, 5.74) is 0.207. The molecule has 0 aliphatic heterocycles. The summed E-state index contributed by atoms with van der Waals surface area (Å²) in [5.74, 6) is -0.467. The van der Waals surface area contributed by atoms with E-state index < -0.39 is 18.5 Å². The molecule has 0 aliphatic carbocycles. The molecule has 0 N–H and O–H groups in total. The molecule has 18 heavy (non-hydrogen) atoms. The summed E-state index contributed by atoms with van der Waals surface area (Å²) in [6.45, 7) is -1.18. The minimum absolute atomic E-state index is 0.0486. The Bertz CT molecular complexity index is 397. The average molecular weight is 349 g/mol. The van der Waals surface area contributed by atoms with E-state index in [0.29, 0.717) is 4.47 Å². The number of nitrogens with zero attached hydrogens (tertiary/aromatic N) is 1. The molecule has 0 bridgehead atoms. The summed E-state index contributed by atoms with van der Waals surface area (Å²) < 4.78 is 51.0. The lowest BCUT2D eigenvalue weighted by Crippen LogP contribution is -2.35.